The molecule has 0 bridgehead atoms. The predicted octanol–water partition coefficient (Wildman–Crippen LogP) is 2.01. The summed E-state index contributed by atoms with van der Waals surface area (Å²) in [7, 11) is -3.15. The van der Waals surface area contributed by atoms with Crippen molar-refractivity contribution in [2.75, 3.05) is 18.4 Å². The zero-order valence-corrected chi connectivity index (χ0v) is 13.2. The summed E-state index contributed by atoms with van der Waals surface area (Å²) in [5.74, 6) is -0.434. The first kappa shape index (κ1) is 14.8. The molecule has 0 unspecified atom stereocenters. The van der Waals surface area contributed by atoms with Crippen LogP contribution in [0.25, 0.3) is 0 Å². The van der Waals surface area contributed by atoms with E-state index in [0.29, 0.717) is 10.7 Å². The molecule has 1 aliphatic carbocycles. The van der Waals surface area contributed by atoms with E-state index >= 15 is 0 Å². The maximum atomic E-state index is 12.1. The molecule has 1 aromatic carbocycles. The molecule has 21 heavy (non-hydrogen) atoms. The first-order valence-corrected chi connectivity index (χ1v) is 8.82. The van der Waals surface area contributed by atoms with Crippen molar-refractivity contribution in [1.29, 1.82) is 0 Å². The van der Waals surface area contributed by atoms with E-state index in [1.807, 2.05) is 13.0 Å². The van der Waals surface area contributed by atoms with Gasteiger partial charge >= 0.3 is 0 Å². The average molecular weight is 329 g/mol. The number of nitrogens with one attached hydrogen (secondary N) is 1. The van der Waals surface area contributed by atoms with Crippen molar-refractivity contribution in [1.82, 2.24) is 4.31 Å². The molecule has 0 atom stereocenters. The summed E-state index contributed by atoms with van der Waals surface area (Å²) in [6, 6.07) is 5.32. The van der Waals surface area contributed by atoms with Crippen molar-refractivity contribution in [2.24, 2.45) is 5.92 Å². The molecule has 0 radical (unpaired) electrons. The van der Waals surface area contributed by atoms with Crippen LogP contribution in [-0.2, 0) is 14.8 Å². The summed E-state index contributed by atoms with van der Waals surface area (Å²) in [5, 5.41) is 3.17. The van der Waals surface area contributed by atoms with E-state index in [1.54, 1.807) is 12.1 Å². The van der Waals surface area contributed by atoms with Crippen molar-refractivity contribution in [3.8, 4) is 0 Å². The number of anilines is 1. The molecule has 0 spiro atoms. The van der Waals surface area contributed by atoms with Crippen LogP contribution < -0.4 is 5.32 Å². The van der Waals surface area contributed by atoms with E-state index in [1.165, 1.54) is 4.31 Å². The first-order valence-electron chi connectivity index (χ1n) is 6.94. The van der Waals surface area contributed by atoms with Crippen LogP contribution in [0, 0.1) is 12.8 Å². The highest BCUT2D eigenvalue weighted by Crippen LogP contribution is 2.34. The lowest BCUT2D eigenvalue weighted by molar-refractivity contribution is -0.122. The summed E-state index contributed by atoms with van der Waals surface area (Å²) in [4.78, 5) is 12.1. The van der Waals surface area contributed by atoms with Crippen LogP contribution in [0.5, 0.6) is 0 Å². The first-order chi connectivity index (χ1) is 9.88. The molecule has 114 valence electrons. The highest BCUT2D eigenvalue weighted by Gasteiger charge is 2.46. The number of sulfonamides is 1. The van der Waals surface area contributed by atoms with E-state index in [0.717, 1.165) is 18.4 Å². The summed E-state index contributed by atoms with van der Waals surface area (Å²) in [6.45, 7) is 2.45. The van der Waals surface area contributed by atoms with Crippen LogP contribution in [0.3, 0.4) is 0 Å². The Hall–Kier alpha value is -1.11. The molecule has 1 heterocycles. The number of hydrogen-bond donors (Lipinski definition) is 1. The molecule has 3 rings (SSSR count). The molecular formula is C14H17ClN2O3S. The molecule has 1 aliphatic heterocycles. The number of halogens is 1. The number of carbonyl (C=O) groups is 1. The van der Waals surface area contributed by atoms with Crippen molar-refractivity contribution < 1.29 is 13.2 Å². The van der Waals surface area contributed by atoms with Gasteiger partial charge in [-0.15, -0.1) is 0 Å². The maximum absolute atomic E-state index is 12.1. The summed E-state index contributed by atoms with van der Waals surface area (Å²) >= 11 is 6.01. The van der Waals surface area contributed by atoms with E-state index in [2.05, 4.69) is 5.32 Å². The van der Waals surface area contributed by atoms with Crippen LogP contribution >= 0.6 is 11.6 Å². The minimum absolute atomic E-state index is 0.155. The van der Waals surface area contributed by atoms with Gasteiger partial charge in [0.2, 0.25) is 15.9 Å². The van der Waals surface area contributed by atoms with E-state index in [-0.39, 0.29) is 30.2 Å². The summed E-state index contributed by atoms with van der Waals surface area (Å²) in [5.41, 5.74) is 1.58. The highest BCUT2D eigenvalue weighted by molar-refractivity contribution is 7.90. The molecule has 1 N–H and O–H groups in total. The molecule has 7 heteroatoms. The smallest absolute Gasteiger partial charge is 0.230 e. The Balaban J connectivity index is 1.57. The van der Waals surface area contributed by atoms with E-state index in [9.17, 15) is 13.2 Å². The van der Waals surface area contributed by atoms with Crippen molar-refractivity contribution in [3.05, 3.63) is 28.8 Å². The fraction of sp³-hybridized carbons (Fsp3) is 0.500. The van der Waals surface area contributed by atoms with Crippen molar-refractivity contribution in [2.45, 2.75) is 25.0 Å². The fourth-order valence-electron chi connectivity index (χ4n) is 2.30. The number of aryl methyl sites for hydroxylation is 1. The number of nitrogens with zero attached hydrogens (tertiary/aromatic N) is 1. The Kier molecular flexibility index (Phi) is 3.71. The van der Waals surface area contributed by atoms with Gasteiger partial charge in [-0.2, -0.15) is 4.31 Å². The minimum atomic E-state index is -3.15. The normalized spacial score (nSPS) is 20.1. The van der Waals surface area contributed by atoms with Gasteiger partial charge in [-0.3, -0.25) is 4.79 Å². The van der Waals surface area contributed by atoms with E-state index in [4.69, 9.17) is 11.6 Å². The topological polar surface area (TPSA) is 66.5 Å². The van der Waals surface area contributed by atoms with Gasteiger partial charge in [-0.1, -0.05) is 17.7 Å². The third-order valence-corrected chi connectivity index (χ3v) is 6.70. The van der Waals surface area contributed by atoms with Gasteiger partial charge in [0.1, 0.15) is 0 Å². The molecular weight excluding hydrogens is 312 g/mol. The number of amides is 1. The standard InChI is InChI=1S/C14H17ClN2O3S/c1-9-2-3-11(6-13(9)15)16-14(18)10-7-17(8-10)21(19,20)12-4-5-12/h2-3,6,10,12H,4-5,7-8H2,1H3,(H,16,18). The zero-order valence-electron chi connectivity index (χ0n) is 11.7. The lowest BCUT2D eigenvalue weighted by Gasteiger charge is -2.37. The van der Waals surface area contributed by atoms with Gasteiger partial charge in [0.25, 0.3) is 0 Å². The Morgan fingerprint density at radius 3 is 2.57 bits per heavy atom. The Bertz CT molecular complexity index is 679. The second-order valence-electron chi connectivity index (χ2n) is 5.71. The molecule has 0 aromatic heterocycles. The predicted molar refractivity (Wildman–Crippen MR) is 81.8 cm³/mol. The molecule has 5 nitrogen and oxygen atoms in total. The summed E-state index contributed by atoms with van der Waals surface area (Å²) in [6.07, 6.45) is 1.50. The number of rotatable bonds is 4. The molecule has 1 aromatic rings. The highest BCUT2D eigenvalue weighted by atomic mass is 35.5. The van der Waals surface area contributed by atoms with Crippen LogP contribution in [-0.4, -0.2) is 37.0 Å². The van der Waals surface area contributed by atoms with E-state index < -0.39 is 10.0 Å². The summed E-state index contributed by atoms with van der Waals surface area (Å²) < 4.78 is 25.3. The number of benzene rings is 1. The van der Waals surface area contributed by atoms with Gasteiger partial charge in [0.15, 0.2) is 0 Å². The Labute approximate surface area is 129 Å². The average Bonchev–Trinajstić information content (AvgIpc) is 3.15. The SMILES string of the molecule is Cc1ccc(NC(=O)C2CN(S(=O)(=O)C3CC3)C2)cc1Cl. The third kappa shape index (κ3) is 2.93. The van der Waals surface area contributed by atoms with Gasteiger partial charge in [-0.05, 0) is 37.5 Å². The third-order valence-electron chi connectivity index (χ3n) is 3.96. The van der Waals surface area contributed by atoms with Gasteiger partial charge in [0, 0.05) is 23.8 Å². The van der Waals surface area contributed by atoms with Gasteiger partial charge in [0.05, 0.1) is 11.2 Å². The van der Waals surface area contributed by atoms with Gasteiger partial charge in [-0.25, -0.2) is 8.42 Å². The second kappa shape index (κ2) is 5.26. The van der Waals surface area contributed by atoms with Crippen LogP contribution in [0.4, 0.5) is 5.69 Å². The number of hydrogen-bond acceptors (Lipinski definition) is 3. The number of carbonyl (C=O) groups excluding carboxylic acids is 1. The van der Waals surface area contributed by atoms with Crippen LogP contribution in [0.15, 0.2) is 18.2 Å². The molecule has 2 fully saturated rings. The monoisotopic (exact) mass is 328 g/mol. The minimum Gasteiger partial charge on any atom is -0.326 e. The molecule has 1 saturated heterocycles. The lowest BCUT2D eigenvalue weighted by Crippen LogP contribution is -2.55. The lowest BCUT2D eigenvalue weighted by atomic mass is 10.0. The Morgan fingerprint density at radius 1 is 1.33 bits per heavy atom. The zero-order chi connectivity index (χ0) is 15.2. The molecule has 2 aliphatic rings. The second-order valence-corrected chi connectivity index (χ2v) is 8.33. The molecule has 1 saturated carbocycles. The van der Waals surface area contributed by atoms with Gasteiger partial charge < -0.3 is 5.32 Å². The Morgan fingerprint density at radius 2 is 2.00 bits per heavy atom. The van der Waals surface area contributed by atoms with Crippen molar-refractivity contribution in [3.63, 3.8) is 0 Å². The van der Waals surface area contributed by atoms with Crippen molar-refractivity contribution >= 4 is 33.2 Å². The quantitative estimate of drug-likeness (QED) is 0.919. The fourth-order valence-corrected chi connectivity index (χ4v) is 4.41. The maximum Gasteiger partial charge on any atom is 0.230 e. The molecule has 1 amide bonds. The largest absolute Gasteiger partial charge is 0.326 e. The van der Waals surface area contributed by atoms with Crippen LogP contribution in [0.1, 0.15) is 18.4 Å². The van der Waals surface area contributed by atoms with Crippen LogP contribution in [0.2, 0.25) is 5.02 Å².